The summed E-state index contributed by atoms with van der Waals surface area (Å²) in [5, 5.41) is 2.36. The number of likely N-dealkylation sites (tertiary alicyclic amines) is 1. The summed E-state index contributed by atoms with van der Waals surface area (Å²) in [6, 6.07) is 5.53. The van der Waals surface area contributed by atoms with Crippen LogP contribution in [0.4, 0.5) is 0 Å². The summed E-state index contributed by atoms with van der Waals surface area (Å²) >= 11 is 0. The zero-order valence-corrected chi connectivity index (χ0v) is 17.1. The van der Waals surface area contributed by atoms with E-state index in [1.807, 2.05) is 18.2 Å². The molecule has 0 aliphatic carbocycles. The fraction of sp³-hybridized carbons (Fsp3) is 0.591. The average molecular weight is 412 g/mol. The lowest BCUT2D eigenvalue weighted by Gasteiger charge is -2.38. The number of hydrogen-bond acceptors (Lipinski definition) is 6. The Hall–Kier alpha value is -2.29. The van der Waals surface area contributed by atoms with E-state index >= 15 is 0 Å². The number of fused-ring (bicyclic) bond motifs is 1. The van der Waals surface area contributed by atoms with E-state index in [1.165, 1.54) is 0 Å². The quantitative estimate of drug-likeness (QED) is 0.702. The fourth-order valence-corrected chi connectivity index (χ4v) is 5.41. The molecular formula is C22H28N4O4. The first-order valence-electron chi connectivity index (χ1n) is 10.8. The molecule has 4 heterocycles. The number of nitrogens with one attached hydrogen (secondary N) is 1. The number of nitrogens with zero attached hydrogens (tertiary/aromatic N) is 2. The predicted octanol–water partition coefficient (Wildman–Crippen LogP) is 0.530. The van der Waals surface area contributed by atoms with Crippen molar-refractivity contribution in [3.05, 3.63) is 34.9 Å². The molecule has 8 nitrogen and oxygen atoms in total. The maximum Gasteiger partial charge on any atom is 0.255 e. The molecule has 0 bridgehead atoms. The third-order valence-electron chi connectivity index (χ3n) is 7.04. The third kappa shape index (κ3) is 3.42. The van der Waals surface area contributed by atoms with Gasteiger partial charge in [0, 0.05) is 44.2 Å². The minimum absolute atomic E-state index is 0.0626. The van der Waals surface area contributed by atoms with Crippen LogP contribution in [0.15, 0.2) is 18.2 Å². The van der Waals surface area contributed by atoms with Gasteiger partial charge in [0.2, 0.25) is 11.8 Å². The van der Waals surface area contributed by atoms with Gasteiger partial charge in [-0.25, -0.2) is 0 Å². The van der Waals surface area contributed by atoms with Crippen LogP contribution in [0.5, 0.6) is 0 Å². The highest BCUT2D eigenvalue weighted by molar-refractivity contribution is 6.05. The van der Waals surface area contributed by atoms with E-state index in [2.05, 4.69) is 10.2 Å². The van der Waals surface area contributed by atoms with E-state index in [1.54, 1.807) is 4.90 Å². The lowest BCUT2D eigenvalue weighted by molar-refractivity contribution is -0.136. The van der Waals surface area contributed by atoms with E-state index in [4.69, 9.17) is 10.5 Å². The zero-order chi connectivity index (χ0) is 20.9. The summed E-state index contributed by atoms with van der Waals surface area (Å²) in [4.78, 5) is 41.0. The summed E-state index contributed by atoms with van der Waals surface area (Å²) in [6.45, 7) is 3.61. The summed E-state index contributed by atoms with van der Waals surface area (Å²) in [5.41, 5.74) is 8.67. The smallest absolute Gasteiger partial charge is 0.255 e. The van der Waals surface area contributed by atoms with Gasteiger partial charge in [-0.1, -0.05) is 18.2 Å². The molecule has 1 spiro atoms. The van der Waals surface area contributed by atoms with Crippen LogP contribution in [0.1, 0.15) is 53.6 Å². The van der Waals surface area contributed by atoms with Crippen LogP contribution >= 0.6 is 0 Å². The van der Waals surface area contributed by atoms with Gasteiger partial charge in [0.25, 0.3) is 5.91 Å². The molecule has 2 unspecified atom stereocenters. The standard InChI is InChI=1S/C22H28N4O4/c23-16-10-22(30-13-16)6-8-25(9-7-22)11-14-2-1-3-15-12-26(21(29)19(14)15)17-4-5-18(27)24-20(17)28/h1-3,16-17H,4-13,23H2,(H,24,27,28). The van der Waals surface area contributed by atoms with Crippen LogP contribution in [0, 0.1) is 0 Å². The maximum absolute atomic E-state index is 13.2. The highest BCUT2D eigenvalue weighted by atomic mass is 16.5. The second kappa shape index (κ2) is 7.44. The van der Waals surface area contributed by atoms with Crippen LogP contribution in [0.25, 0.3) is 0 Å². The van der Waals surface area contributed by atoms with Crippen LogP contribution in [-0.4, -0.2) is 64.9 Å². The number of amides is 3. The van der Waals surface area contributed by atoms with Gasteiger partial charge < -0.3 is 15.4 Å². The van der Waals surface area contributed by atoms with Gasteiger partial charge in [0.05, 0.1) is 12.2 Å². The first-order chi connectivity index (χ1) is 14.4. The zero-order valence-electron chi connectivity index (χ0n) is 17.1. The molecule has 1 aromatic rings. The van der Waals surface area contributed by atoms with Gasteiger partial charge in [-0.3, -0.25) is 24.6 Å². The van der Waals surface area contributed by atoms with Crippen LogP contribution < -0.4 is 11.1 Å². The monoisotopic (exact) mass is 412 g/mol. The Morgan fingerprint density at radius 3 is 2.70 bits per heavy atom. The van der Waals surface area contributed by atoms with Crippen molar-refractivity contribution in [2.45, 2.75) is 62.9 Å². The van der Waals surface area contributed by atoms with E-state index in [0.717, 1.165) is 49.0 Å². The van der Waals surface area contributed by atoms with Crippen molar-refractivity contribution < 1.29 is 19.1 Å². The van der Waals surface area contributed by atoms with Crippen LogP contribution in [-0.2, 0) is 27.4 Å². The van der Waals surface area contributed by atoms with Crippen LogP contribution in [0.3, 0.4) is 0 Å². The third-order valence-corrected chi connectivity index (χ3v) is 7.04. The highest BCUT2D eigenvalue weighted by Crippen LogP contribution is 2.36. The molecule has 0 aromatic heterocycles. The fourth-order valence-electron chi connectivity index (χ4n) is 5.41. The summed E-state index contributed by atoms with van der Waals surface area (Å²) in [7, 11) is 0. The molecule has 3 saturated heterocycles. The molecule has 160 valence electrons. The predicted molar refractivity (Wildman–Crippen MR) is 108 cm³/mol. The molecule has 4 aliphatic rings. The molecule has 0 saturated carbocycles. The molecule has 3 amide bonds. The van der Waals surface area contributed by atoms with Crippen LogP contribution in [0.2, 0.25) is 0 Å². The van der Waals surface area contributed by atoms with Crippen molar-refractivity contribution in [3.8, 4) is 0 Å². The summed E-state index contributed by atoms with van der Waals surface area (Å²) in [6.07, 6.45) is 3.51. The molecule has 0 radical (unpaired) electrons. The first kappa shape index (κ1) is 19.7. The Morgan fingerprint density at radius 2 is 2.00 bits per heavy atom. The number of hydrogen-bond donors (Lipinski definition) is 2. The van der Waals surface area contributed by atoms with E-state index in [-0.39, 0.29) is 35.8 Å². The van der Waals surface area contributed by atoms with Crippen molar-refractivity contribution in [1.29, 1.82) is 0 Å². The topological polar surface area (TPSA) is 105 Å². The van der Waals surface area contributed by atoms with E-state index in [0.29, 0.717) is 26.1 Å². The maximum atomic E-state index is 13.2. The second-order valence-corrected chi connectivity index (χ2v) is 9.09. The van der Waals surface area contributed by atoms with Gasteiger partial charge in [-0.2, -0.15) is 0 Å². The Bertz CT molecular complexity index is 893. The van der Waals surface area contributed by atoms with Gasteiger partial charge in [0.15, 0.2) is 0 Å². The van der Waals surface area contributed by atoms with Crippen molar-refractivity contribution in [1.82, 2.24) is 15.1 Å². The van der Waals surface area contributed by atoms with Gasteiger partial charge in [-0.05, 0) is 36.8 Å². The average Bonchev–Trinajstić information content (AvgIpc) is 3.25. The number of imide groups is 1. The van der Waals surface area contributed by atoms with E-state index in [9.17, 15) is 14.4 Å². The van der Waals surface area contributed by atoms with Crippen molar-refractivity contribution >= 4 is 17.7 Å². The number of benzene rings is 1. The first-order valence-corrected chi connectivity index (χ1v) is 10.8. The molecular weight excluding hydrogens is 384 g/mol. The molecule has 5 rings (SSSR count). The number of carbonyl (C=O) groups excluding carboxylic acids is 3. The Kier molecular flexibility index (Phi) is 4.88. The number of rotatable bonds is 3. The lowest BCUT2D eigenvalue weighted by Crippen LogP contribution is -2.52. The van der Waals surface area contributed by atoms with Crippen molar-refractivity contribution in [3.63, 3.8) is 0 Å². The SMILES string of the molecule is NC1COC2(CCN(Cc3cccc4c3C(=O)N(C3CCC(=O)NC3=O)C4)CC2)C1. The minimum Gasteiger partial charge on any atom is -0.373 e. The molecule has 3 N–H and O–H groups in total. The van der Waals surface area contributed by atoms with Gasteiger partial charge in [-0.15, -0.1) is 0 Å². The summed E-state index contributed by atoms with van der Waals surface area (Å²) in [5.74, 6) is -0.741. The molecule has 4 aliphatic heterocycles. The minimum atomic E-state index is -0.575. The molecule has 8 heteroatoms. The number of ether oxygens (including phenoxy) is 1. The Balaban J connectivity index is 1.29. The van der Waals surface area contributed by atoms with Gasteiger partial charge >= 0.3 is 0 Å². The molecule has 30 heavy (non-hydrogen) atoms. The van der Waals surface area contributed by atoms with Gasteiger partial charge in [0.1, 0.15) is 6.04 Å². The van der Waals surface area contributed by atoms with Crippen molar-refractivity contribution in [2.75, 3.05) is 19.7 Å². The second-order valence-electron chi connectivity index (χ2n) is 9.09. The molecule has 2 atom stereocenters. The lowest BCUT2D eigenvalue weighted by atomic mass is 9.87. The van der Waals surface area contributed by atoms with Crippen molar-refractivity contribution in [2.24, 2.45) is 5.73 Å². The largest absolute Gasteiger partial charge is 0.373 e. The number of nitrogens with two attached hydrogens (primary N) is 1. The normalized spacial score (nSPS) is 28.8. The number of carbonyl (C=O) groups is 3. The summed E-state index contributed by atoms with van der Waals surface area (Å²) < 4.78 is 6.01. The van der Waals surface area contributed by atoms with E-state index < -0.39 is 6.04 Å². The Labute approximate surface area is 175 Å². The Morgan fingerprint density at radius 1 is 1.20 bits per heavy atom. The molecule has 1 aromatic carbocycles. The highest BCUT2D eigenvalue weighted by Gasteiger charge is 2.43. The number of piperidine rings is 2. The molecule has 3 fully saturated rings.